The van der Waals surface area contributed by atoms with E-state index in [1.807, 2.05) is 23.1 Å². The molecule has 3 aromatic rings. The number of fused-ring (bicyclic) bond motifs is 3. The molecule has 0 fully saturated rings. The van der Waals surface area contributed by atoms with Crippen LogP contribution < -0.4 is 4.74 Å². The van der Waals surface area contributed by atoms with Crippen LogP contribution in [0, 0.1) is 0 Å². The number of hydrogen-bond acceptors (Lipinski definition) is 4. The van der Waals surface area contributed by atoms with E-state index in [4.69, 9.17) is 4.74 Å². The molecule has 1 aromatic heterocycles. The summed E-state index contributed by atoms with van der Waals surface area (Å²) < 4.78 is 12.6. The maximum absolute atomic E-state index is 12.9. The van der Waals surface area contributed by atoms with Crippen molar-refractivity contribution in [3.05, 3.63) is 65.4 Å². The summed E-state index contributed by atoms with van der Waals surface area (Å²) in [5.74, 6) is 0.795. The van der Waals surface area contributed by atoms with Gasteiger partial charge in [-0.2, -0.15) is 0 Å². The average molecular weight is 435 g/mol. The summed E-state index contributed by atoms with van der Waals surface area (Å²) in [5.41, 5.74) is 4.84. The lowest BCUT2D eigenvalue weighted by Crippen LogP contribution is -2.36. The number of rotatable bonds is 8. The number of esters is 1. The van der Waals surface area contributed by atoms with Crippen molar-refractivity contribution in [3.63, 3.8) is 0 Å². The van der Waals surface area contributed by atoms with Crippen LogP contribution in [-0.4, -0.2) is 42.1 Å². The molecule has 1 aliphatic heterocycles. The monoisotopic (exact) mass is 434 g/mol. The number of hydrogen-bond donors (Lipinski definition) is 0. The van der Waals surface area contributed by atoms with E-state index in [1.54, 1.807) is 7.11 Å². The molecular weight excluding hydrogens is 404 g/mol. The quantitative estimate of drug-likeness (QED) is 0.391. The Morgan fingerprint density at radius 1 is 0.969 bits per heavy atom. The van der Waals surface area contributed by atoms with E-state index in [9.17, 15) is 9.59 Å². The van der Waals surface area contributed by atoms with Crippen molar-refractivity contribution in [2.75, 3.05) is 20.8 Å². The fourth-order valence-corrected chi connectivity index (χ4v) is 4.60. The number of amides is 1. The van der Waals surface area contributed by atoms with Crippen LogP contribution >= 0.6 is 0 Å². The van der Waals surface area contributed by atoms with E-state index >= 15 is 0 Å². The summed E-state index contributed by atoms with van der Waals surface area (Å²) in [6.45, 7) is 2.03. The summed E-state index contributed by atoms with van der Waals surface area (Å²) in [4.78, 5) is 26.1. The van der Waals surface area contributed by atoms with Crippen LogP contribution in [0.5, 0.6) is 5.75 Å². The minimum atomic E-state index is -0.221. The van der Waals surface area contributed by atoms with Gasteiger partial charge in [0.25, 0.3) is 0 Å². The molecule has 6 heteroatoms. The number of aromatic nitrogens is 1. The smallest absolute Gasteiger partial charge is 0.305 e. The average Bonchev–Trinajstić information content (AvgIpc) is 3.14. The molecular formula is C26H30N2O4. The number of para-hydroxylation sites is 2. The van der Waals surface area contributed by atoms with Crippen molar-refractivity contribution < 1.29 is 19.1 Å². The van der Waals surface area contributed by atoms with Gasteiger partial charge in [-0.15, -0.1) is 0 Å². The SMILES string of the molecule is COC(=O)CCCCC(=O)N1CCc2c(n(Cc3ccccc3OC)c3ccccc23)C1. The molecule has 0 saturated heterocycles. The highest BCUT2D eigenvalue weighted by molar-refractivity contribution is 5.87. The number of ether oxygens (including phenoxy) is 2. The second-order valence-corrected chi connectivity index (χ2v) is 8.19. The van der Waals surface area contributed by atoms with E-state index in [0.717, 1.165) is 24.3 Å². The van der Waals surface area contributed by atoms with Gasteiger partial charge < -0.3 is 18.9 Å². The number of carbonyl (C=O) groups is 2. The maximum Gasteiger partial charge on any atom is 0.305 e. The summed E-state index contributed by atoms with van der Waals surface area (Å²) >= 11 is 0. The predicted molar refractivity (Wildman–Crippen MR) is 124 cm³/mol. The minimum Gasteiger partial charge on any atom is -0.496 e. The number of benzene rings is 2. The Morgan fingerprint density at radius 3 is 2.53 bits per heavy atom. The van der Waals surface area contributed by atoms with E-state index < -0.39 is 0 Å². The van der Waals surface area contributed by atoms with Crippen molar-refractivity contribution >= 4 is 22.8 Å². The van der Waals surface area contributed by atoms with Gasteiger partial charge in [-0.05, 0) is 37.0 Å². The molecule has 0 unspecified atom stereocenters. The third-order valence-corrected chi connectivity index (χ3v) is 6.29. The maximum atomic E-state index is 12.9. The second-order valence-electron chi connectivity index (χ2n) is 8.19. The largest absolute Gasteiger partial charge is 0.496 e. The zero-order valence-electron chi connectivity index (χ0n) is 18.8. The number of carbonyl (C=O) groups excluding carboxylic acids is 2. The molecule has 6 nitrogen and oxygen atoms in total. The predicted octanol–water partition coefficient (Wildman–Crippen LogP) is 4.32. The Labute approximate surface area is 188 Å². The van der Waals surface area contributed by atoms with Gasteiger partial charge in [0, 0.05) is 41.5 Å². The van der Waals surface area contributed by atoms with Gasteiger partial charge in [0.15, 0.2) is 0 Å². The molecule has 0 N–H and O–H groups in total. The molecule has 1 aliphatic rings. The third kappa shape index (κ3) is 4.49. The molecule has 1 amide bonds. The van der Waals surface area contributed by atoms with E-state index in [2.05, 4.69) is 39.6 Å². The van der Waals surface area contributed by atoms with Crippen LogP contribution in [0.4, 0.5) is 0 Å². The van der Waals surface area contributed by atoms with Gasteiger partial charge in [0.2, 0.25) is 5.91 Å². The van der Waals surface area contributed by atoms with Crippen molar-refractivity contribution in [2.24, 2.45) is 0 Å². The molecule has 168 valence electrons. The summed E-state index contributed by atoms with van der Waals surface area (Å²) in [5, 5.41) is 1.27. The lowest BCUT2D eigenvalue weighted by Gasteiger charge is -2.29. The van der Waals surface area contributed by atoms with Gasteiger partial charge in [-0.25, -0.2) is 0 Å². The molecule has 0 saturated carbocycles. The zero-order chi connectivity index (χ0) is 22.5. The van der Waals surface area contributed by atoms with Crippen LogP contribution in [0.15, 0.2) is 48.5 Å². The van der Waals surface area contributed by atoms with Crippen LogP contribution in [0.2, 0.25) is 0 Å². The lowest BCUT2D eigenvalue weighted by atomic mass is 10.0. The standard InChI is InChI=1S/C26H30N2O4/c1-31-24-12-6-3-9-19(24)17-28-22-11-5-4-10-20(22)21-15-16-27(18-23(21)28)25(29)13-7-8-14-26(30)32-2/h3-6,9-12H,7-8,13-18H2,1-2H3. The number of nitrogens with zero attached hydrogens (tertiary/aromatic N) is 2. The van der Waals surface area contributed by atoms with Gasteiger partial charge >= 0.3 is 5.97 Å². The molecule has 0 atom stereocenters. The van der Waals surface area contributed by atoms with Crippen LogP contribution in [-0.2, 0) is 33.8 Å². The fourth-order valence-electron chi connectivity index (χ4n) is 4.60. The number of unbranched alkanes of at least 4 members (excludes halogenated alkanes) is 1. The number of methoxy groups -OCH3 is 2. The lowest BCUT2D eigenvalue weighted by molar-refractivity contribution is -0.141. The first-order chi connectivity index (χ1) is 15.6. The van der Waals surface area contributed by atoms with E-state index in [0.29, 0.717) is 38.8 Å². The second kappa shape index (κ2) is 9.90. The van der Waals surface area contributed by atoms with Gasteiger partial charge in [0.1, 0.15) is 5.75 Å². The summed E-state index contributed by atoms with van der Waals surface area (Å²) in [6, 6.07) is 16.6. The molecule has 32 heavy (non-hydrogen) atoms. The molecule has 0 spiro atoms. The highest BCUT2D eigenvalue weighted by atomic mass is 16.5. The van der Waals surface area contributed by atoms with Gasteiger partial charge in [0.05, 0.1) is 27.3 Å². The first kappa shape index (κ1) is 21.9. The van der Waals surface area contributed by atoms with Crippen molar-refractivity contribution in [1.29, 1.82) is 0 Å². The van der Waals surface area contributed by atoms with Crippen molar-refractivity contribution in [3.8, 4) is 5.75 Å². The first-order valence-corrected chi connectivity index (χ1v) is 11.2. The Hall–Kier alpha value is -3.28. The zero-order valence-corrected chi connectivity index (χ0v) is 18.8. The minimum absolute atomic E-state index is 0.148. The normalized spacial score (nSPS) is 13.1. The van der Waals surface area contributed by atoms with Gasteiger partial charge in [-0.1, -0.05) is 36.4 Å². The Morgan fingerprint density at radius 2 is 1.72 bits per heavy atom. The van der Waals surface area contributed by atoms with E-state index in [1.165, 1.54) is 29.3 Å². The summed E-state index contributed by atoms with van der Waals surface area (Å²) in [7, 11) is 3.09. The van der Waals surface area contributed by atoms with Crippen LogP contribution in [0.3, 0.4) is 0 Å². The first-order valence-electron chi connectivity index (χ1n) is 11.2. The summed E-state index contributed by atoms with van der Waals surface area (Å²) in [6.07, 6.45) is 3.04. The Kier molecular flexibility index (Phi) is 6.78. The molecule has 0 aliphatic carbocycles. The van der Waals surface area contributed by atoms with Crippen molar-refractivity contribution in [1.82, 2.24) is 9.47 Å². The van der Waals surface area contributed by atoms with Crippen LogP contribution in [0.1, 0.15) is 42.5 Å². The molecule has 2 aromatic carbocycles. The van der Waals surface area contributed by atoms with Gasteiger partial charge in [-0.3, -0.25) is 9.59 Å². The Bertz CT molecular complexity index is 1120. The molecule has 4 rings (SSSR count). The fraction of sp³-hybridized carbons (Fsp3) is 0.385. The highest BCUT2D eigenvalue weighted by Crippen LogP contribution is 2.33. The highest BCUT2D eigenvalue weighted by Gasteiger charge is 2.26. The van der Waals surface area contributed by atoms with E-state index in [-0.39, 0.29) is 11.9 Å². The molecule has 0 bridgehead atoms. The molecule has 2 heterocycles. The third-order valence-electron chi connectivity index (χ3n) is 6.29. The van der Waals surface area contributed by atoms with Crippen molar-refractivity contribution in [2.45, 2.75) is 45.2 Å². The topological polar surface area (TPSA) is 60.8 Å². The van der Waals surface area contributed by atoms with Crippen LogP contribution in [0.25, 0.3) is 10.9 Å². The molecule has 0 radical (unpaired) electrons. The Balaban J connectivity index is 1.56.